The molecule has 3 aromatic rings. The molecule has 0 saturated carbocycles. The molecular weight excluding hydrogens is 465 g/mol. The van der Waals surface area contributed by atoms with Crippen LogP contribution in [0.4, 0.5) is 17.3 Å². The van der Waals surface area contributed by atoms with Crippen LogP contribution in [0, 0.1) is 6.92 Å². The normalized spacial score (nSPS) is 11.1. The summed E-state index contributed by atoms with van der Waals surface area (Å²) in [6.07, 6.45) is 1.13. The van der Waals surface area contributed by atoms with Crippen molar-refractivity contribution in [3.05, 3.63) is 70.0 Å². The average molecular weight is 482 g/mol. The van der Waals surface area contributed by atoms with E-state index >= 15 is 0 Å². The summed E-state index contributed by atoms with van der Waals surface area (Å²) in [5.41, 5.74) is 14.4. The summed E-state index contributed by atoms with van der Waals surface area (Å²) in [6, 6.07) is 10.7. The Hall–Kier alpha value is -3.12. The number of nitrogen functional groups attached to an aromatic ring is 1. The number of hydrazine groups is 2. The molecule has 0 spiro atoms. The van der Waals surface area contributed by atoms with Gasteiger partial charge in [0, 0.05) is 5.02 Å². The molecule has 1 aromatic heterocycles. The van der Waals surface area contributed by atoms with Gasteiger partial charge in [-0.2, -0.15) is 0 Å². The van der Waals surface area contributed by atoms with Crippen molar-refractivity contribution < 1.29 is 13.2 Å². The van der Waals surface area contributed by atoms with Gasteiger partial charge in [0.15, 0.2) is 11.6 Å². The van der Waals surface area contributed by atoms with Gasteiger partial charge < -0.3 is 5.73 Å². The molecule has 0 unspecified atom stereocenters. The van der Waals surface area contributed by atoms with Crippen LogP contribution >= 0.6 is 23.2 Å². The van der Waals surface area contributed by atoms with Gasteiger partial charge in [-0.25, -0.2) is 18.4 Å². The molecule has 6 N–H and O–H groups in total. The van der Waals surface area contributed by atoms with Crippen LogP contribution in [0.15, 0.2) is 53.7 Å². The van der Waals surface area contributed by atoms with E-state index in [1.54, 1.807) is 12.1 Å². The lowest BCUT2D eigenvalue weighted by Gasteiger charge is -2.14. The summed E-state index contributed by atoms with van der Waals surface area (Å²) in [6.45, 7) is 1.85. The zero-order valence-electron chi connectivity index (χ0n) is 16.0. The summed E-state index contributed by atoms with van der Waals surface area (Å²) in [4.78, 5) is 22.4. The van der Waals surface area contributed by atoms with Crippen molar-refractivity contribution in [2.45, 2.75) is 11.8 Å². The average Bonchev–Trinajstić information content (AvgIpc) is 2.72. The minimum absolute atomic E-state index is 0.0213. The Kier molecular flexibility index (Phi) is 6.81. The van der Waals surface area contributed by atoms with Crippen molar-refractivity contribution in [1.82, 2.24) is 20.2 Å². The Bertz CT molecular complexity index is 1220. The van der Waals surface area contributed by atoms with Gasteiger partial charge in [0.2, 0.25) is 0 Å². The van der Waals surface area contributed by atoms with Crippen molar-refractivity contribution >= 4 is 56.5 Å². The minimum atomic E-state index is -3.87. The van der Waals surface area contributed by atoms with Crippen LogP contribution in [0.5, 0.6) is 0 Å². The Morgan fingerprint density at radius 2 is 1.65 bits per heavy atom. The number of aromatic nitrogens is 2. The summed E-state index contributed by atoms with van der Waals surface area (Å²) in [7, 11) is -3.87. The van der Waals surface area contributed by atoms with Gasteiger partial charge in [0.05, 0.1) is 15.5 Å². The van der Waals surface area contributed by atoms with Crippen molar-refractivity contribution in [1.29, 1.82) is 0 Å². The van der Waals surface area contributed by atoms with E-state index in [-0.39, 0.29) is 32.8 Å². The number of amides is 1. The van der Waals surface area contributed by atoms with Crippen LogP contribution in [-0.2, 0) is 10.0 Å². The van der Waals surface area contributed by atoms with Gasteiger partial charge in [-0.15, -0.1) is 4.83 Å². The Balaban J connectivity index is 1.68. The topological polar surface area (TPSA) is 151 Å². The van der Waals surface area contributed by atoms with E-state index in [2.05, 4.69) is 31.1 Å². The molecule has 1 amide bonds. The first kappa shape index (κ1) is 22.6. The fraction of sp³-hybridized carbons (Fsp3) is 0.0556. The first-order chi connectivity index (χ1) is 14.7. The lowest BCUT2D eigenvalue weighted by atomic mass is 10.2. The third-order valence-electron chi connectivity index (χ3n) is 3.99. The van der Waals surface area contributed by atoms with E-state index in [1.165, 1.54) is 30.3 Å². The number of hydrogen-bond acceptors (Lipinski definition) is 8. The number of sulfonamides is 1. The Labute approximate surface area is 188 Å². The molecule has 0 aliphatic rings. The van der Waals surface area contributed by atoms with Crippen LogP contribution in [-0.4, -0.2) is 24.3 Å². The van der Waals surface area contributed by atoms with Crippen LogP contribution in [0.1, 0.15) is 15.9 Å². The molecule has 31 heavy (non-hydrogen) atoms. The smallest absolute Gasteiger partial charge is 0.271 e. The molecule has 0 fully saturated rings. The number of nitrogens with two attached hydrogens (primary N) is 1. The fourth-order valence-corrected chi connectivity index (χ4v) is 3.68. The molecular formula is C18H17Cl2N7O3S. The first-order valence-electron chi connectivity index (χ1n) is 8.64. The molecule has 0 saturated heterocycles. The van der Waals surface area contributed by atoms with E-state index in [1.807, 2.05) is 6.92 Å². The highest BCUT2D eigenvalue weighted by Gasteiger charge is 2.16. The number of nitrogens with zero attached hydrogens (tertiary/aromatic N) is 2. The Morgan fingerprint density at radius 1 is 1.00 bits per heavy atom. The van der Waals surface area contributed by atoms with E-state index in [0.29, 0.717) is 5.02 Å². The van der Waals surface area contributed by atoms with E-state index < -0.39 is 15.9 Å². The highest BCUT2D eigenvalue weighted by atomic mass is 35.5. The van der Waals surface area contributed by atoms with Gasteiger partial charge in [-0.05, 0) is 37.3 Å². The summed E-state index contributed by atoms with van der Waals surface area (Å²) < 4.78 is 24.8. The van der Waals surface area contributed by atoms with Crippen molar-refractivity contribution in [2.75, 3.05) is 16.6 Å². The zero-order valence-corrected chi connectivity index (χ0v) is 18.3. The second-order valence-electron chi connectivity index (χ2n) is 6.23. The first-order valence-corrected chi connectivity index (χ1v) is 10.9. The summed E-state index contributed by atoms with van der Waals surface area (Å²) in [5.74, 6) is -0.549. The Morgan fingerprint density at radius 3 is 2.29 bits per heavy atom. The maximum absolute atomic E-state index is 12.4. The lowest BCUT2D eigenvalue weighted by molar-refractivity contribution is 0.0962. The number of anilines is 3. The molecule has 0 radical (unpaired) electrons. The number of aryl methyl sites for hydroxylation is 1. The molecule has 0 bridgehead atoms. The van der Waals surface area contributed by atoms with Crippen LogP contribution in [0.3, 0.4) is 0 Å². The monoisotopic (exact) mass is 481 g/mol. The molecule has 162 valence electrons. The third kappa shape index (κ3) is 5.52. The van der Waals surface area contributed by atoms with Gasteiger partial charge in [0.1, 0.15) is 12.0 Å². The fourth-order valence-electron chi connectivity index (χ4n) is 2.34. The predicted molar refractivity (Wildman–Crippen MR) is 119 cm³/mol. The molecule has 2 aromatic carbocycles. The number of carbonyl (C=O) groups excluding carboxylic acids is 1. The number of halogens is 2. The number of rotatable bonds is 7. The van der Waals surface area contributed by atoms with Gasteiger partial charge in [0.25, 0.3) is 15.9 Å². The van der Waals surface area contributed by atoms with Gasteiger partial charge >= 0.3 is 0 Å². The van der Waals surface area contributed by atoms with Crippen LogP contribution < -0.4 is 26.8 Å². The molecule has 0 atom stereocenters. The number of benzene rings is 2. The largest absolute Gasteiger partial charge is 0.393 e. The zero-order chi connectivity index (χ0) is 22.6. The summed E-state index contributed by atoms with van der Waals surface area (Å²) >= 11 is 11.8. The lowest BCUT2D eigenvalue weighted by Crippen LogP contribution is -2.32. The van der Waals surface area contributed by atoms with E-state index in [9.17, 15) is 13.2 Å². The quantitative estimate of drug-likeness (QED) is 0.323. The van der Waals surface area contributed by atoms with Crippen LogP contribution in [0.25, 0.3) is 0 Å². The highest BCUT2D eigenvalue weighted by molar-refractivity contribution is 7.89. The second-order valence-corrected chi connectivity index (χ2v) is 8.76. The molecule has 3 rings (SSSR count). The summed E-state index contributed by atoms with van der Waals surface area (Å²) in [5, 5.41) is 0.550. The van der Waals surface area contributed by atoms with E-state index in [0.717, 1.165) is 11.9 Å². The highest BCUT2D eigenvalue weighted by Crippen LogP contribution is 2.23. The molecule has 0 aliphatic carbocycles. The van der Waals surface area contributed by atoms with Gasteiger partial charge in [-0.1, -0.05) is 40.9 Å². The van der Waals surface area contributed by atoms with Gasteiger partial charge in [-0.3, -0.25) is 21.1 Å². The minimum Gasteiger partial charge on any atom is -0.393 e. The maximum Gasteiger partial charge on any atom is 0.271 e. The van der Waals surface area contributed by atoms with Crippen molar-refractivity contribution in [3.8, 4) is 0 Å². The van der Waals surface area contributed by atoms with Crippen molar-refractivity contribution in [3.63, 3.8) is 0 Å². The van der Waals surface area contributed by atoms with E-state index in [4.69, 9.17) is 28.9 Å². The molecule has 10 nitrogen and oxygen atoms in total. The second kappa shape index (κ2) is 9.35. The predicted octanol–water partition coefficient (Wildman–Crippen LogP) is 2.74. The third-order valence-corrected chi connectivity index (χ3v) is 5.80. The molecule has 0 aliphatic heterocycles. The molecule has 13 heteroatoms. The van der Waals surface area contributed by atoms with Crippen molar-refractivity contribution in [2.24, 2.45) is 0 Å². The maximum atomic E-state index is 12.4. The number of nitrogens with one attached hydrogen (secondary N) is 4. The SMILES string of the molecule is Cc1ccc(S(=O)(=O)NNc2ncnc(NNC(=O)c3ccc(Cl)cc3Cl)c2N)cc1. The van der Waals surface area contributed by atoms with Crippen LogP contribution in [0.2, 0.25) is 10.0 Å². The standard InChI is InChI=1S/C18H17Cl2N7O3S/c1-10-2-5-12(6-3-10)31(29,30)27-25-17-15(21)16(22-9-23-17)24-26-18(28)13-7-4-11(19)8-14(13)20/h2-9,27H,21H2,1H3,(H,26,28)(H2,22,23,24,25). The number of hydrogen-bond donors (Lipinski definition) is 5. The number of carbonyl (C=O) groups is 1. The molecule has 1 heterocycles.